The van der Waals surface area contributed by atoms with Gasteiger partial charge in [-0.05, 0) is 65.4 Å². The summed E-state index contributed by atoms with van der Waals surface area (Å²) in [5.74, 6) is -0.358. The van der Waals surface area contributed by atoms with Gasteiger partial charge in [-0.25, -0.2) is 0 Å². The van der Waals surface area contributed by atoms with E-state index >= 15 is 0 Å². The highest BCUT2D eigenvalue weighted by molar-refractivity contribution is 7.80. The second-order valence-corrected chi connectivity index (χ2v) is 9.32. The van der Waals surface area contributed by atoms with Crippen LogP contribution in [0.1, 0.15) is 51.5 Å². The molecule has 0 unspecified atom stereocenters. The molecule has 3 aromatic carbocycles. The molecule has 3 aliphatic rings. The van der Waals surface area contributed by atoms with Gasteiger partial charge in [-0.1, -0.05) is 30.3 Å². The van der Waals surface area contributed by atoms with E-state index in [1.807, 2.05) is 48.5 Å². The van der Waals surface area contributed by atoms with Gasteiger partial charge in [0.15, 0.2) is 0 Å². The Bertz CT molecular complexity index is 1310. The maximum Gasteiger partial charge on any atom is 0.251 e. The van der Waals surface area contributed by atoms with Gasteiger partial charge in [-0.15, -0.1) is 12.6 Å². The molecule has 4 N–H and O–H groups in total. The first kappa shape index (κ1) is 23.0. The fraction of sp³-hybridized carbons (Fsp3) is 0.222. The Labute approximate surface area is 209 Å². The molecule has 3 amide bonds. The van der Waals surface area contributed by atoms with E-state index in [0.717, 1.165) is 40.0 Å². The molecule has 0 radical (unpaired) electrons. The van der Waals surface area contributed by atoms with E-state index in [1.54, 1.807) is 12.1 Å². The van der Waals surface area contributed by atoms with E-state index in [2.05, 4.69) is 33.9 Å². The lowest BCUT2D eigenvalue weighted by Crippen LogP contribution is -2.33. The summed E-state index contributed by atoms with van der Waals surface area (Å²) in [6, 6.07) is 18.2. The quantitative estimate of drug-likeness (QED) is 0.354. The minimum atomic E-state index is -0.661. The Morgan fingerprint density at radius 1 is 0.829 bits per heavy atom. The lowest BCUT2D eigenvalue weighted by atomic mass is 10.0. The molecule has 3 aromatic rings. The van der Waals surface area contributed by atoms with E-state index in [-0.39, 0.29) is 24.3 Å². The summed E-state index contributed by atoms with van der Waals surface area (Å²) in [6.07, 6.45) is 1.91. The molecule has 0 aromatic heterocycles. The minimum absolute atomic E-state index is 0.0390. The van der Waals surface area contributed by atoms with Gasteiger partial charge in [-0.2, -0.15) is 0 Å². The van der Waals surface area contributed by atoms with Crippen LogP contribution in [0.25, 0.3) is 0 Å². The zero-order valence-corrected chi connectivity index (χ0v) is 20.0. The lowest BCUT2D eigenvalue weighted by molar-refractivity contribution is -0.122. The van der Waals surface area contributed by atoms with Gasteiger partial charge >= 0.3 is 0 Å². The van der Waals surface area contributed by atoms with Crippen molar-refractivity contribution in [2.75, 3.05) is 10.6 Å². The van der Waals surface area contributed by atoms with Crippen molar-refractivity contribution in [2.45, 2.75) is 43.3 Å². The van der Waals surface area contributed by atoms with E-state index in [9.17, 15) is 14.4 Å². The molecule has 7 nitrogen and oxygen atoms in total. The molecule has 35 heavy (non-hydrogen) atoms. The molecule has 3 aliphatic heterocycles. The largest absolute Gasteiger partial charge is 0.370 e. The standard InChI is InChI=1S/C27H26N4O3S/c32-24-3-1-2-16-4-6-17(7-5-16)25(31-21-9-8-18-14-28-26(33)22(18)13-21)27(34)29-15-19-12-20(30-24)10-11-23(19)35/h4-13,25,31,35H,1-3,14-15H2,(H,28,33)(H,29,34)(H,30,32)/t25-/m1/s1. The second-order valence-electron chi connectivity index (χ2n) is 8.84. The van der Waals surface area contributed by atoms with E-state index in [4.69, 9.17) is 0 Å². The van der Waals surface area contributed by atoms with Crippen LogP contribution in [-0.4, -0.2) is 17.7 Å². The SMILES string of the molecule is O=C1CCCc2ccc(cc2)[C@@H](Nc2ccc3c(c2)C(=O)NC3)C(=O)NCc2cc(ccc2S)N1. The number of carbonyl (C=O) groups excluding carboxylic acids is 3. The molecule has 0 saturated carbocycles. The van der Waals surface area contributed by atoms with Gasteiger partial charge in [-0.3, -0.25) is 14.4 Å². The molecule has 0 spiro atoms. The van der Waals surface area contributed by atoms with Crippen molar-refractivity contribution in [3.05, 3.63) is 88.5 Å². The normalized spacial score (nSPS) is 17.9. The third kappa shape index (κ3) is 5.17. The number of hydrogen-bond donors (Lipinski definition) is 5. The average Bonchev–Trinajstić information content (AvgIpc) is 3.22. The molecule has 178 valence electrons. The molecule has 4 bridgehead atoms. The van der Waals surface area contributed by atoms with Crippen LogP contribution in [0, 0.1) is 0 Å². The third-order valence-corrected chi connectivity index (χ3v) is 6.80. The van der Waals surface area contributed by atoms with Crippen molar-refractivity contribution < 1.29 is 14.4 Å². The highest BCUT2D eigenvalue weighted by Gasteiger charge is 2.24. The molecule has 8 heteroatoms. The van der Waals surface area contributed by atoms with Crippen LogP contribution in [0.3, 0.4) is 0 Å². The summed E-state index contributed by atoms with van der Waals surface area (Å²) < 4.78 is 0. The summed E-state index contributed by atoms with van der Waals surface area (Å²) in [5, 5.41) is 12.1. The fourth-order valence-corrected chi connectivity index (χ4v) is 4.63. The van der Waals surface area contributed by atoms with Gasteiger partial charge in [0.2, 0.25) is 11.8 Å². The van der Waals surface area contributed by atoms with Crippen LogP contribution >= 0.6 is 12.6 Å². The first-order valence-electron chi connectivity index (χ1n) is 11.6. The number of rotatable bonds is 2. The summed E-state index contributed by atoms with van der Waals surface area (Å²) in [6.45, 7) is 0.773. The lowest BCUT2D eigenvalue weighted by Gasteiger charge is -2.21. The maximum absolute atomic E-state index is 13.4. The van der Waals surface area contributed by atoms with Crippen molar-refractivity contribution in [3.8, 4) is 0 Å². The molecule has 3 heterocycles. The summed E-state index contributed by atoms with van der Waals surface area (Å²) in [4.78, 5) is 38.6. The first-order chi connectivity index (χ1) is 17.0. The Balaban J connectivity index is 1.46. The van der Waals surface area contributed by atoms with Gasteiger partial charge in [0.25, 0.3) is 5.91 Å². The van der Waals surface area contributed by atoms with Crippen LogP contribution in [0.5, 0.6) is 0 Å². The van der Waals surface area contributed by atoms with Crippen LogP contribution in [0.4, 0.5) is 11.4 Å². The number of carbonyl (C=O) groups is 3. The number of amides is 3. The molecule has 1 atom stereocenters. The zero-order valence-electron chi connectivity index (χ0n) is 19.1. The van der Waals surface area contributed by atoms with Gasteiger partial charge in [0.1, 0.15) is 6.04 Å². The smallest absolute Gasteiger partial charge is 0.251 e. The van der Waals surface area contributed by atoms with Gasteiger partial charge in [0.05, 0.1) is 0 Å². The Morgan fingerprint density at radius 2 is 1.63 bits per heavy atom. The molecular weight excluding hydrogens is 460 g/mol. The zero-order chi connectivity index (χ0) is 24.4. The summed E-state index contributed by atoms with van der Waals surface area (Å²) >= 11 is 4.52. The van der Waals surface area contributed by atoms with Crippen LogP contribution in [0.15, 0.2) is 65.6 Å². The van der Waals surface area contributed by atoms with E-state index in [1.165, 1.54) is 0 Å². The number of benzene rings is 3. The minimum Gasteiger partial charge on any atom is -0.370 e. The maximum atomic E-state index is 13.4. The van der Waals surface area contributed by atoms with Crippen LogP contribution in [0.2, 0.25) is 0 Å². The highest BCUT2D eigenvalue weighted by Crippen LogP contribution is 2.26. The molecule has 0 fully saturated rings. The van der Waals surface area contributed by atoms with Crippen molar-refractivity contribution in [3.63, 3.8) is 0 Å². The van der Waals surface area contributed by atoms with Crippen LogP contribution < -0.4 is 21.3 Å². The summed E-state index contributed by atoms with van der Waals surface area (Å²) in [7, 11) is 0. The van der Waals surface area contributed by atoms with Crippen LogP contribution in [-0.2, 0) is 29.1 Å². The number of nitrogens with one attached hydrogen (secondary N) is 4. The number of aryl methyl sites for hydroxylation is 1. The van der Waals surface area contributed by atoms with Gasteiger partial charge < -0.3 is 21.3 Å². The number of fused-ring (bicyclic) bond motifs is 10. The molecule has 0 saturated heterocycles. The van der Waals surface area contributed by atoms with Crippen molar-refractivity contribution in [2.24, 2.45) is 0 Å². The number of anilines is 2. The summed E-state index contributed by atoms with van der Waals surface area (Å²) in [5.41, 5.74) is 5.65. The molecular formula is C27H26N4O3S. The van der Waals surface area contributed by atoms with Crippen molar-refractivity contribution in [1.29, 1.82) is 0 Å². The van der Waals surface area contributed by atoms with Gasteiger partial charge in [0, 0.05) is 41.3 Å². The second kappa shape index (κ2) is 9.84. The number of thiol groups is 1. The Kier molecular flexibility index (Phi) is 6.46. The number of hydrogen-bond acceptors (Lipinski definition) is 5. The fourth-order valence-electron chi connectivity index (χ4n) is 4.41. The third-order valence-electron chi connectivity index (χ3n) is 6.37. The van der Waals surface area contributed by atoms with E-state index in [0.29, 0.717) is 29.9 Å². The Hall–Kier alpha value is -3.78. The first-order valence-corrected chi connectivity index (χ1v) is 12.1. The average molecular weight is 487 g/mol. The molecule has 0 aliphatic carbocycles. The van der Waals surface area contributed by atoms with E-state index < -0.39 is 6.04 Å². The topological polar surface area (TPSA) is 99.3 Å². The predicted octanol–water partition coefficient (Wildman–Crippen LogP) is 3.96. The predicted molar refractivity (Wildman–Crippen MR) is 138 cm³/mol. The highest BCUT2D eigenvalue weighted by atomic mass is 32.1. The van der Waals surface area contributed by atoms with Crippen molar-refractivity contribution >= 4 is 41.7 Å². The van der Waals surface area contributed by atoms with Crippen molar-refractivity contribution in [1.82, 2.24) is 10.6 Å². The Morgan fingerprint density at radius 3 is 2.46 bits per heavy atom. The molecule has 6 rings (SSSR count). The monoisotopic (exact) mass is 486 g/mol.